The molecule has 188 valence electrons. The number of H-pyrrole nitrogens is 1. The number of anilines is 1. The third-order valence-electron chi connectivity index (χ3n) is 3.68. The molecule has 1 aromatic heterocycles. The van der Waals surface area contributed by atoms with E-state index in [-0.39, 0.29) is 36.4 Å². The lowest BCUT2D eigenvalue weighted by atomic mass is 10.1. The lowest BCUT2D eigenvalue weighted by Gasteiger charge is -2.20. The third-order valence-corrected chi connectivity index (χ3v) is 3.68. The van der Waals surface area contributed by atoms with Crippen molar-refractivity contribution in [2.75, 3.05) is 25.5 Å². The number of nitrogens with one attached hydrogen (secondary N) is 3. The quantitative estimate of drug-likeness (QED) is 0.184. The summed E-state index contributed by atoms with van der Waals surface area (Å²) >= 11 is 0. The third kappa shape index (κ3) is 16.0. The Hall–Kier alpha value is -2.44. The van der Waals surface area contributed by atoms with E-state index in [1.807, 2.05) is 10.2 Å². The van der Waals surface area contributed by atoms with Crippen molar-refractivity contribution >= 4 is 12.1 Å². The molecule has 1 heterocycles. The van der Waals surface area contributed by atoms with Crippen LogP contribution in [0.2, 0.25) is 0 Å². The van der Waals surface area contributed by atoms with Crippen LogP contribution in [0, 0.1) is 5.92 Å². The highest BCUT2D eigenvalue weighted by Gasteiger charge is 2.11. The zero-order valence-electron chi connectivity index (χ0n) is 17.6. The average molecular weight is 463 g/mol. The highest BCUT2D eigenvalue weighted by molar-refractivity contribution is 5.80. The Morgan fingerprint density at radius 3 is 2.42 bits per heavy atom. The zero-order chi connectivity index (χ0) is 21.4. The van der Waals surface area contributed by atoms with E-state index >= 15 is 0 Å². The van der Waals surface area contributed by atoms with Crippen LogP contribution in [0.4, 0.5) is 19.8 Å². The number of hydrogen-bond acceptors (Lipinski definition) is 7. The second-order valence-corrected chi connectivity index (χ2v) is 6.41. The number of carbonyl (C=O) groups is 1. The summed E-state index contributed by atoms with van der Waals surface area (Å²) in [6.45, 7) is 5.83. The summed E-state index contributed by atoms with van der Waals surface area (Å²) in [5.41, 5.74) is 2.63. The lowest BCUT2D eigenvalue weighted by Crippen LogP contribution is -2.20. The molecule has 0 saturated carbocycles. The number of aliphatic hydroxyl groups excluding tert-OH is 2. The topological polar surface area (TPSA) is 132 Å². The van der Waals surface area contributed by atoms with Crippen molar-refractivity contribution in [2.24, 2.45) is 5.92 Å². The number of nitrogens with zero attached hydrogens (tertiary/aromatic N) is 1. The van der Waals surface area contributed by atoms with Gasteiger partial charge in [0.05, 0.1) is 0 Å². The molecule has 0 unspecified atom stereocenters. The molecule has 0 amide bonds. The van der Waals surface area contributed by atoms with E-state index in [9.17, 15) is 9.32 Å². The number of carbonyl (C=O) groups excluding carboxylic acids is 1. The van der Waals surface area contributed by atoms with Gasteiger partial charge in [0.25, 0.3) is 0 Å². The van der Waals surface area contributed by atoms with Crippen LogP contribution in [0.1, 0.15) is 58.9 Å². The van der Waals surface area contributed by atoms with Gasteiger partial charge in [0.1, 0.15) is 17.3 Å². The highest BCUT2D eigenvalue weighted by Crippen LogP contribution is 2.16. The van der Waals surface area contributed by atoms with Gasteiger partial charge in [-0.2, -0.15) is 0 Å². The van der Waals surface area contributed by atoms with Gasteiger partial charge in [0.2, 0.25) is 0 Å². The van der Waals surface area contributed by atoms with Crippen LogP contribution in [-0.4, -0.2) is 51.7 Å². The molecule has 0 bridgehead atoms. The van der Waals surface area contributed by atoms with E-state index in [1.165, 1.54) is 6.08 Å². The van der Waals surface area contributed by atoms with Crippen LogP contribution in [0.3, 0.4) is 0 Å². The lowest BCUT2D eigenvalue weighted by molar-refractivity contribution is -0.0874. The van der Waals surface area contributed by atoms with E-state index in [0.717, 1.165) is 30.8 Å². The summed E-state index contributed by atoms with van der Waals surface area (Å²) in [6.07, 6.45) is 6.62. The molecule has 12 heteroatoms. The van der Waals surface area contributed by atoms with Crippen molar-refractivity contribution in [3.63, 3.8) is 0 Å². The number of aliphatic hydroxyl groups is 2. The van der Waals surface area contributed by atoms with E-state index < -0.39 is 0 Å². The summed E-state index contributed by atoms with van der Waals surface area (Å²) in [7, 11) is 1.80. The van der Waals surface area contributed by atoms with Gasteiger partial charge in [-0.05, 0) is 31.3 Å². The molecule has 0 saturated heterocycles. The first-order valence-electron chi connectivity index (χ1n) is 9.20. The summed E-state index contributed by atoms with van der Waals surface area (Å²) in [5, 5.41) is 30.6. The van der Waals surface area contributed by atoms with Crippen molar-refractivity contribution in [1.29, 1.82) is 0 Å². The Morgan fingerprint density at radius 1 is 1.42 bits per heavy atom. The number of aryl methyl sites for hydroxylation is 1. The van der Waals surface area contributed by atoms with E-state index in [4.69, 9.17) is 15.4 Å². The number of aromatic nitrogens is 2. The molecule has 6 N–H and O–H groups in total. The number of rotatable bonds is 9. The fraction of sp³-hybridized carbons (Fsp3) is 0.632. The average Bonchev–Trinajstić information content (AvgIpc) is 2.67. The summed E-state index contributed by atoms with van der Waals surface area (Å²) in [6, 6.07) is 0. The van der Waals surface area contributed by atoms with Gasteiger partial charge in [0, 0.05) is 45.2 Å². The second-order valence-electron chi connectivity index (χ2n) is 6.41. The molecule has 0 aromatic carbocycles. The van der Waals surface area contributed by atoms with Crippen LogP contribution in [-0.2, 0) is 11.5 Å². The molecule has 1 aliphatic carbocycles. The first-order valence-corrected chi connectivity index (χ1v) is 9.20. The Morgan fingerprint density at radius 2 is 2.06 bits per heavy atom. The normalized spacial score (nSPS) is 11.6. The monoisotopic (exact) mass is 462 g/mol. The second kappa shape index (κ2) is 22.2. The highest BCUT2D eigenvalue weighted by atomic mass is 19.3. The molecule has 9 nitrogen and oxygen atoms in total. The maximum Gasteiger partial charge on any atom is 0.171 e. The van der Waals surface area contributed by atoms with Gasteiger partial charge in [-0.25, -0.2) is 5.48 Å². The first-order chi connectivity index (χ1) is 13.4. The van der Waals surface area contributed by atoms with E-state index in [1.54, 1.807) is 13.1 Å². The maximum atomic E-state index is 11.3. The summed E-state index contributed by atoms with van der Waals surface area (Å²) in [5.74, 6) is 1.75. The van der Waals surface area contributed by atoms with E-state index in [0.29, 0.717) is 31.7 Å². The van der Waals surface area contributed by atoms with Crippen LogP contribution < -0.4 is 10.8 Å². The number of hydroxylamine groups is 1. The number of halogens is 3. The SMILES string of the molecule is C.CNc1[nH]n(CCC(C)C)c1C=O.F.F.OC1=CCCC(OF)=C1.OCCCNO.[HH]. The summed E-state index contributed by atoms with van der Waals surface area (Å²) in [4.78, 5) is 14.1. The molecule has 0 atom stereocenters. The smallest absolute Gasteiger partial charge is 0.171 e. The standard InChI is InChI=1S/C9H17N3O.C6H7FO2.C3H9NO2.CH4.2FH.H2/c1-7(2)4-5-12-8(6-13)9(10-3)11-12;7-9-6-3-1-2-5(8)4-6;5-3-1-2-4-6;;;;/h6-7,10-11H,4-5H2,1-3H3;2,4,8H,1,3H2;4-6H,1-3H2;1H4;3*1H. The minimum absolute atomic E-state index is 0. The van der Waals surface area contributed by atoms with Crippen molar-refractivity contribution in [3.8, 4) is 0 Å². The van der Waals surface area contributed by atoms with E-state index in [2.05, 4.69) is 29.2 Å². The minimum Gasteiger partial charge on any atom is -0.508 e. The number of aldehydes is 1. The van der Waals surface area contributed by atoms with Gasteiger partial charge in [-0.1, -0.05) is 21.3 Å². The number of allylic oxidation sites excluding steroid dienone is 3. The number of aromatic amines is 1. The van der Waals surface area contributed by atoms with Gasteiger partial charge < -0.3 is 20.7 Å². The maximum absolute atomic E-state index is 11.3. The zero-order valence-corrected chi connectivity index (χ0v) is 17.6. The first kappa shape index (κ1) is 36.0. The van der Waals surface area contributed by atoms with Crippen molar-refractivity contribution < 1.29 is 40.5 Å². The molecule has 2 rings (SSSR count). The van der Waals surface area contributed by atoms with Crippen molar-refractivity contribution in [2.45, 2.75) is 53.5 Å². The van der Waals surface area contributed by atoms with Gasteiger partial charge in [-0.3, -0.25) is 28.9 Å². The molecule has 0 fully saturated rings. The fourth-order valence-corrected chi connectivity index (χ4v) is 2.08. The Bertz CT molecular complexity index is 607. The van der Waals surface area contributed by atoms with Crippen LogP contribution in [0.25, 0.3) is 0 Å². The summed E-state index contributed by atoms with van der Waals surface area (Å²) < 4.78 is 13.2. The van der Waals surface area contributed by atoms with Gasteiger partial charge in [-0.15, -0.1) is 0 Å². The van der Waals surface area contributed by atoms with Crippen molar-refractivity contribution in [3.05, 3.63) is 29.4 Å². The predicted molar refractivity (Wildman–Crippen MR) is 119 cm³/mol. The van der Waals surface area contributed by atoms with Crippen LogP contribution >= 0.6 is 0 Å². The molecule has 0 radical (unpaired) electrons. The molecule has 0 aliphatic heterocycles. The predicted octanol–water partition coefficient (Wildman–Crippen LogP) is 4.26. The Balaban J connectivity index is -0.000000114. The van der Waals surface area contributed by atoms with Gasteiger partial charge >= 0.3 is 0 Å². The Labute approximate surface area is 183 Å². The molecule has 31 heavy (non-hydrogen) atoms. The molecular formula is C19H41F3N4O5. The number of hydrogen-bond donors (Lipinski definition) is 6. The van der Waals surface area contributed by atoms with Crippen molar-refractivity contribution in [1.82, 2.24) is 15.3 Å². The molecule has 0 spiro atoms. The minimum atomic E-state index is 0. The van der Waals surface area contributed by atoms with Crippen LogP contribution in [0.15, 0.2) is 23.7 Å². The fourth-order valence-electron chi connectivity index (χ4n) is 2.08. The molecular weight excluding hydrogens is 421 g/mol. The van der Waals surface area contributed by atoms with Gasteiger partial charge in [0.15, 0.2) is 12.0 Å². The molecule has 1 aliphatic rings. The molecule has 1 aromatic rings. The largest absolute Gasteiger partial charge is 0.508 e. The Kier molecular flexibility index (Phi) is 25.8. The van der Waals surface area contributed by atoms with Crippen LogP contribution in [0.5, 0.6) is 0 Å².